The Morgan fingerprint density at radius 1 is 1.43 bits per heavy atom. The molecule has 1 aromatic carbocycles. The number of nitrogens with two attached hydrogens (primary N) is 1. The van der Waals surface area contributed by atoms with E-state index in [1.54, 1.807) is 18.2 Å². The Morgan fingerprint density at radius 2 is 2.19 bits per heavy atom. The zero-order valence-corrected chi connectivity index (χ0v) is 12.0. The number of anilines is 2. The molecule has 0 atom stereocenters. The standard InChI is InChI=1S/C14H15FN4OS/c15-10-4-2-1-3-8(10)7-17-14-11(12(16)19-21-14)13(20)18-9-5-6-9/h1-4,9,17H,5-7H2,(H2,16,19)(H,18,20). The molecule has 1 saturated carbocycles. The molecule has 7 heteroatoms. The summed E-state index contributed by atoms with van der Waals surface area (Å²) in [7, 11) is 0. The van der Waals surface area contributed by atoms with Gasteiger partial charge in [0, 0.05) is 18.2 Å². The van der Waals surface area contributed by atoms with Gasteiger partial charge in [-0.1, -0.05) is 18.2 Å². The second-order valence-corrected chi connectivity index (χ2v) is 5.74. The lowest BCUT2D eigenvalue weighted by Crippen LogP contribution is -2.26. The molecule has 1 aliphatic carbocycles. The van der Waals surface area contributed by atoms with Crippen molar-refractivity contribution in [3.8, 4) is 0 Å². The molecule has 4 N–H and O–H groups in total. The number of amides is 1. The number of nitrogens with zero attached hydrogens (tertiary/aromatic N) is 1. The Bertz CT molecular complexity index is 669. The molecule has 110 valence electrons. The van der Waals surface area contributed by atoms with E-state index in [0.717, 1.165) is 24.4 Å². The van der Waals surface area contributed by atoms with Gasteiger partial charge in [-0.3, -0.25) is 4.79 Å². The van der Waals surface area contributed by atoms with Gasteiger partial charge in [0.05, 0.1) is 0 Å². The Kier molecular flexibility index (Phi) is 3.74. The number of carbonyl (C=O) groups is 1. The molecule has 1 aliphatic rings. The van der Waals surface area contributed by atoms with Crippen LogP contribution >= 0.6 is 11.5 Å². The van der Waals surface area contributed by atoms with Crippen LogP contribution in [0.1, 0.15) is 28.8 Å². The molecular formula is C14H15FN4OS. The quantitative estimate of drug-likeness (QED) is 0.792. The van der Waals surface area contributed by atoms with E-state index in [1.807, 2.05) is 0 Å². The number of hydrogen-bond acceptors (Lipinski definition) is 5. The van der Waals surface area contributed by atoms with Crippen molar-refractivity contribution in [2.24, 2.45) is 0 Å². The third kappa shape index (κ3) is 3.13. The van der Waals surface area contributed by atoms with E-state index in [1.165, 1.54) is 6.07 Å². The van der Waals surface area contributed by atoms with Crippen LogP contribution in [-0.2, 0) is 6.54 Å². The number of halogens is 1. The maximum Gasteiger partial charge on any atom is 0.258 e. The average Bonchev–Trinajstić information content (AvgIpc) is 3.19. The van der Waals surface area contributed by atoms with Crippen molar-refractivity contribution < 1.29 is 9.18 Å². The van der Waals surface area contributed by atoms with Crippen molar-refractivity contribution in [2.45, 2.75) is 25.4 Å². The van der Waals surface area contributed by atoms with Crippen LogP contribution in [-0.4, -0.2) is 16.3 Å². The number of nitrogen functional groups attached to an aromatic ring is 1. The van der Waals surface area contributed by atoms with Crippen molar-refractivity contribution in [3.05, 3.63) is 41.2 Å². The summed E-state index contributed by atoms with van der Waals surface area (Å²) in [6.45, 7) is 0.276. The monoisotopic (exact) mass is 306 g/mol. The molecule has 2 aromatic rings. The highest BCUT2D eigenvalue weighted by atomic mass is 32.1. The number of hydrogen-bond donors (Lipinski definition) is 3. The van der Waals surface area contributed by atoms with Crippen molar-refractivity contribution in [3.63, 3.8) is 0 Å². The van der Waals surface area contributed by atoms with Gasteiger partial charge in [-0.2, -0.15) is 4.37 Å². The molecule has 0 saturated heterocycles. The molecule has 1 amide bonds. The van der Waals surface area contributed by atoms with Crippen LogP contribution in [0.25, 0.3) is 0 Å². The van der Waals surface area contributed by atoms with E-state index >= 15 is 0 Å². The van der Waals surface area contributed by atoms with Crippen LogP contribution in [0.15, 0.2) is 24.3 Å². The molecule has 1 heterocycles. The maximum absolute atomic E-state index is 13.6. The van der Waals surface area contributed by atoms with Crippen molar-refractivity contribution in [2.75, 3.05) is 11.1 Å². The smallest absolute Gasteiger partial charge is 0.258 e. The summed E-state index contributed by atoms with van der Waals surface area (Å²) in [5.41, 5.74) is 6.64. The minimum Gasteiger partial charge on any atom is -0.382 e. The topological polar surface area (TPSA) is 80.0 Å². The fraction of sp³-hybridized carbons (Fsp3) is 0.286. The Labute approximate surface area is 125 Å². The van der Waals surface area contributed by atoms with E-state index in [-0.39, 0.29) is 30.1 Å². The van der Waals surface area contributed by atoms with Crippen LogP contribution < -0.4 is 16.4 Å². The Hall–Kier alpha value is -2.15. The Balaban J connectivity index is 1.73. The number of nitrogens with one attached hydrogen (secondary N) is 2. The molecule has 21 heavy (non-hydrogen) atoms. The summed E-state index contributed by atoms with van der Waals surface area (Å²) >= 11 is 1.11. The number of benzene rings is 1. The molecular weight excluding hydrogens is 291 g/mol. The first-order chi connectivity index (χ1) is 10.1. The van der Waals surface area contributed by atoms with Crippen LogP contribution in [0, 0.1) is 5.82 Å². The van der Waals surface area contributed by atoms with Gasteiger partial charge in [0.2, 0.25) is 0 Å². The molecule has 0 bridgehead atoms. The van der Waals surface area contributed by atoms with Gasteiger partial charge in [0.15, 0.2) is 5.82 Å². The fourth-order valence-electron chi connectivity index (χ4n) is 1.95. The molecule has 5 nitrogen and oxygen atoms in total. The van der Waals surface area contributed by atoms with Crippen molar-refractivity contribution >= 4 is 28.3 Å². The van der Waals surface area contributed by atoms with E-state index in [4.69, 9.17) is 5.73 Å². The largest absolute Gasteiger partial charge is 0.382 e. The van der Waals surface area contributed by atoms with Gasteiger partial charge in [-0.15, -0.1) is 0 Å². The summed E-state index contributed by atoms with van der Waals surface area (Å²) in [5.74, 6) is -0.305. The summed E-state index contributed by atoms with van der Waals surface area (Å²) in [6, 6.07) is 6.74. The first kappa shape index (κ1) is 13.8. The van der Waals surface area contributed by atoms with Crippen molar-refractivity contribution in [1.82, 2.24) is 9.69 Å². The number of carbonyl (C=O) groups excluding carboxylic acids is 1. The van der Waals surface area contributed by atoms with E-state index < -0.39 is 0 Å². The number of aromatic nitrogens is 1. The van der Waals surface area contributed by atoms with Gasteiger partial charge in [-0.05, 0) is 30.4 Å². The van der Waals surface area contributed by atoms with Gasteiger partial charge < -0.3 is 16.4 Å². The summed E-state index contributed by atoms with van der Waals surface area (Å²) < 4.78 is 17.6. The zero-order valence-electron chi connectivity index (χ0n) is 11.2. The maximum atomic E-state index is 13.6. The van der Waals surface area contributed by atoms with E-state index in [2.05, 4.69) is 15.0 Å². The fourth-order valence-corrected chi connectivity index (χ4v) is 2.65. The highest BCUT2D eigenvalue weighted by molar-refractivity contribution is 7.11. The molecule has 3 rings (SSSR count). The second-order valence-electron chi connectivity index (χ2n) is 4.96. The second kappa shape index (κ2) is 5.69. The van der Waals surface area contributed by atoms with Gasteiger partial charge in [-0.25, -0.2) is 4.39 Å². The average molecular weight is 306 g/mol. The predicted molar refractivity (Wildman–Crippen MR) is 80.7 cm³/mol. The third-order valence-corrected chi connectivity index (χ3v) is 4.07. The van der Waals surface area contributed by atoms with Gasteiger partial charge in [0.25, 0.3) is 5.91 Å². The molecule has 0 unspecified atom stereocenters. The first-order valence-electron chi connectivity index (χ1n) is 6.68. The van der Waals surface area contributed by atoms with E-state index in [9.17, 15) is 9.18 Å². The zero-order chi connectivity index (χ0) is 14.8. The van der Waals surface area contributed by atoms with Crippen molar-refractivity contribution in [1.29, 1.82) is 0 Å². The van der Waals surface area contributed by atoms with Crippen LogP contribution in [0.3, 0.4) is 0 Å². The van der Waals surface area contributed by atoms with Crippen LogP contribution in [0.4, 0.5) is 15.2 Å². The lowest BCUT2D eigenvalue weighted by Gasteiger charge is -2.08. The molecule has 1 aromatic heterocycles. The van der Waals surface area contributed by atoms with Crippen LogP contribution in [0.5, 0.6) is 0 Å². The number of rotatable bonds is 5. The highest BCUT2D eigenvalue weighted by Gasteiger charge is 2.27. The summed E-state index contributed by atoms with van der Waals surface area (Å²) in [4.78, 5) is 12.1. The molecule has 0 radical (unpaired) electrons. The lowest BCUT2D eigenvalue weighted by atomic mass is 10.2. The van der Waals surface area contributed by atoms with E-state index in [0.29, 0.717) is 16.1 Å². The van der Waals surface area contributed by atoms with Gasteiger partial charge in [0.1, 0.15) is 16.4 Å². The van der Waals surface area contributed by atoms with Crippen LogP contribution in [0.2, 0.25) is 0 Å². The highest BCUT2D eigenvalue weighted by Crippen LogP contribution is 2.29. The SMILES string of the molecule is Nc1nsc(NCc2ccccc2F)c1C(=O)NC1CC1. The lowest BCUT2D eigenvalue weighted by molar-refractivity contribution is 0.0953. The third-order valence-electron chi connectivity index (χ3n) is 3.26. The summed E-state index contributed by atoms with van der Waals surface area (Å²) in [5, 5.41) is 6.49. The summed E-state index contributed by atoms with van der Waals surface area (Å²) in [6.07, 6.45) is 2.00. The Morgan fingerprint density at radius 3 is 2.90 bits per heavy atom. The van der Waals surface area contributed by atoms with Gasteiger partial charge >= 0.3 is 0 Å². The molecule has 0 spiro atoms. The predicted octanol–water partition coefficient (Wildman–Crippen LogP) is 2.37. The molecule has 0 aliphatic heterocycles. The first-order valence-corrected chi connectivity index (χ1v) is 7.46. The minimum absolute atomic E-state index is 0.203. The normalized spacial score (nSPS) is 14.0. The molecule has 1 fully saturated rings. The minimum atomic E-state index is -0.286.